The first-order chi connectivity index (χ1) is 18.9. The molecule has 2 aromatic heterocycles. The van der Waals surface area contributed by atoms with Crippen LogP contribution < -0.4 is 10.1 Å². The van der Waals surface area contributed by atoms with E-state index in [-0.39, 0.29) is 11.9 Å². The molecule has 0 saturated carbocycles. The Balaban J connectivity index is 1.12. The van der Waals surface area contributed by atoms with Gasteiger partial charge in [-0.2, -0.15) is 15.4 Å². The van der Waals surface area contributed by atoms with Crippen LogP contribution in [0, 0.1) is 13.8 Å². The largest absolute Gasteiger partial charge is 0.493 e. The molecule has 0 radical (unpaired) electrons. The number of nitrogens with one attached hydrogen (secondary N) is 2. The van der Waals surface area contributed by atoms with Crippen molar-refractivity contribution in [1.29, 1.82) is 0 Å². The average Bonchev–Trinajstić information content (AvgIpc) is 3.53. The van der Waals surface area contributed by atoms with Crippen LogP contribution in [-0.4, -0.2) is 66.3 Å². The van der Waals surface area contributed by atoms with E-state index in [1.54, 1.807) is 12.1 Å². The van der Waals surface area contributed by atoms with Gasteiger partial charge >= 0.3 is 0 Å². The first-order valence-electron chi connectivity index (χ1n) is 13.6. The number of carbonyl (C=O) groups is 1. The minimum Gasteiger partial charge on any atom is -0.493 e. The summed E-state index contributed by atoms with van der Waals surface area (Å²) in [7, 11) is 0. The molecule has 10 heteroatoms. The molecule has 6 rings (SSSR count). The summed E-state index contributed by atoms with van der Waals surface area (Å²) >= 11 is 0. The number of carbonyl (C=O) groups excluding carboxylic acids is 1. The number of hydrogen-bond acceptors (Lipinski definition) is 8. The van der Waals surface area contributed by atoms with Crippen LogP contribution in [0.15, 0.2) is 36.5 Å². The number of likely N-dealkylation sites (tertiary alicyclic amines) is 1. The standard InChI is InChI=1S/C29H34N8O2/c1-5-39-27-13-25-24(33-35-34-25)12-23(27)28(38)37-7-6-22(11-19(37)4)36-15-20-14-30-29(32-26(20)16-36)31-21-9-17(2)8-18(3)10-21/h8-10,12-14,19,22H,5-7,11,15-16H2,1-4H3,(H,30,31,32)(H,33,34,35)/t19-,22+/m0/s1. The first-order valence-corrected chi connectivity index (χ1v) is 13.6. The molecule has 0 spiro atoms. The summed E-state index contributed by atoms with van der Waals surface area (Å²) in [6.45, 7) is 11.0. The number of fused-ring (bicyclic) bond motifs is 2. The Hall–Kier alpha value is -4.05. The van der Waals surface area contributed by atoms with E-state index in [9.17, 15) is 4.79 Å². The Morgan fingerprint density at radius 2 is 1.87 bits per heavy atom. The summed E-state index contributed by atoms with van der Waals surface area (Å²) in [5, 5.41) is 14.3. The van der Waals surface area contributed by atoms with E-state index in [2.05, 4.69) is 69.6 Å². The molecule has 1 amide bonds. The summed E-state index contributed by atoms with van der Waals surface area (Å²) in [6.07, 6.45) is 3.75. The van der Waals surface area contributed by atoms with Crippen molar-refractivity contribution >= 4 is 28.6 Å². The van der Waals surface area contributed by atoms with Gasteiger partial charge < -0.3 is 15.0 Å². The van der Waals surface area contributed by atoms with Crippen LogP contribution in [0.25, 0.3) is 11.0 Å². The number of piperidine rings is 1. The monoisotopic (exact) mass is 526 g/mol. The Labute approximate surface area is 227 Å². The van der Waals surface area contributed by atoms with E-state index >= 15 is 0 Å². The minimum atomic E-state index is -0.0213. The Morgan fingerprint density at radius 1 is 1.10 bits per heavy atom. The molecule has 2 aliphatic heterocycles. The molecule has 10 nitrogen and oxygen atoms in total. The maximum Gasteiger partial charge on any atom is 0.257 e. The van der Waals surface area contributed by atoms with Crippen LogP contribution in [0.4, 0.5) is 11.6 Å². The molecule has 0 aliphatic carbocycles. The van der Waals surface area contributed by atoms with Crippen molar-refractivity contribution in [3.8, 4) is 5.75 Å². The predicted molar refractivity (Wildman–Crippen MR) is 149 cm³/mol. The Kier molecular flexibility index (Phi) is 6.64. The van der Waals surface area contributed by atoms with E-state index in [4.69, 9.17) is 9.72 Å². The van der Waals surface area contributed by atoms with Gasteiger partial charge in [-0.05, 0) is 69.9 Å². The predicted octanol–water partition coefficient (Wildman–Crippen LogP) is 4.52. The molecule has 4 heterocycles. The third-order valence-electron chi connectivity index (χ3n) is 7.73. The third kappa shape index (κ3) is 5.04. The van der Waals surface area contributed by atoms with Gasteiger partial charge in [-0.1, -0.05) is 6.07 Å². The zero-order chi connectivity index (χ0) is 27.1. The quantitative estimate of drug-likeness (QED) is 0.377. The number of benzene rings is 2. The number of amides is 1. The third-order valence-corrected chi connectivity index (χ3v) is 7.73. The molecule has 39 heavy (non-hydrogen) atoms. The summed E-state index contributed by atoms with van der Waals surface area (Å²) in [5.41, 5.74) is 7.55. The zero-order valence-corrected chi connectivity index (χ0v) is 22.9. The van der Waals surface area contributed by atoms with E-state index in [1.807, 2.05) is 18.0 Å². The second-order valence-electron chi connectivity index (χ2n) is 10.7. The minimum absolute atomic E-state index is 0.0213. The van der Waals surface area contributed by atoms with Crippen molar-refractivity contribution in [3.05, 3.63) is 64.5 Å². The lowest BCUT2D eigenvalue weighted by atomic mass is 9.96. The molecule has 0 bridgehead atoms. The van der Waals surface area contributed by atoms with E-state index in [0.717, 1.165) is 37.3 Å². The highest BCUT2D eigenvalue weighted by molar-refractivity contribution is 6.00. The van der Waals surface area contributed by atoms with Gasteiger partial charge in [-0.3, -0.25) is 9.69 Å². The van der Waals surface area contributed by atoms with E-state index in [0.29, 0.717) is 47.5 Å². The second-order valence-corrected chi connectivity index (χ2v) is 10.7. The van der Waals surface area contributed by atoms with Gasteiger partial charge in [0.25, 0.3) is 5.91 Å². The summed E-state index contributed by atoms with van der Waals surface area (Å²) < 4.78 is 5.80. The van der Waals surface area contributed by atoms with Crippen molar-refractivity contribution in [2.45, 2.75) is 65.7 Å². The average molecular weight is 527 g/mol. The van der Waals surface area contributed by atoms with Crippen molar-refractivity contribution in [3.63, 3.8) is 0 Å². The van der Waals surface area contributed by atoms with Crippen molar-refractivity contribution in [2.75, 3.05) is 18.5 Å². The van der Waals surface area contributed by atoms with Gasteiger partial charge in [0.15, 0.2) is 0 Å². The highest BCUT2D eigenvalue weighted by atomic mass is 16.5. The molecule has 4 aromatic rings. The smallest absolute Gasteiger partial charge is 0.257 e. The lowest BCUT2D eigenvalue weighted by Gasteiger charge is -2.41. The Morgan fingerprint density at radius 3 is 2.62 bits per heavy atom. The molecule has 1 fully saturated rings. The topological polar surface area (TPSA) is 112 Å². The number of aryl methyl sites for hydroxylation is 2. The van der Waals surface area contributed by atoms with Crippen molar-refractivity contribution in [1.82, 2.24) is 35.2 Å². The summed E-state index contributed by atoms with van der Waals surface area (Å²) in [4.78, 5) is 27.5. The van der Waals surface area contributed by atoms with Gasteiger partial charge in [-0.15, -0.1) is 0 Å². The molecule has 2 N–H and O–H groups in total. The second kappa shape index (κ2) is 10.3. The number of H-pyrrole nitrogens is 1. The molecule has 2 aromatic carbocycles. The van der Waals surface area contributed by atoms with Gasteiger partial charge in [0, 0.05) is 55.2 Å². The normalized spacial score (nSPS) is 19.3. The molecule has 2 atom stereocenters. The van der Waals surface area contributed by atoms with Gasteiger partial charge in [0.05, 0.1) is 17.9 Å². The number of nitrogens with zero attached hydrogens (tertiary/aromatic N) is 6. The zero-order valence-electron chi connectivity index (χ0n) is 22.9. The fourth-order valence-corrected chi connectivity index (χ4v) is 5.92. The van der Waals surface area contributed by atoms with Crippen LogP contribution in [0.3, 0.4) is 0 Å². The highest BCUT2D eigenvalue weighted by Crippen LogP contribution is 2.32. The molecule has 202 valence electrons. The maximum atomic E-state index is 13.7. The summed E-state index contributed by atoms with van der Waals surface area (Å²) in [5.74, 6) is 1.16. The number of aromatic nitrogens is 5. The van der Waals surface area contributed by atoms with Crippen LogP contribution in [-0.2, 0) is 13.1 Å². The number of anilines is 2. The summed E-state index contributed by atoms with van der Waals surface area (Å²) in [6, 6.07) is 10.4. The molecule has 2 aliphatic rings. The SMILES string of the molecule is CCOc1cc2n[nH]nc2cc1C(=O)N1CC[C@@H](N2Cc3cnc(Nc4cc(C)cc(C)c4)nc3C2)C[C@@H]1C. The van der Waals surface area contributed by atoms with E-state index < -0.39 is 0 Å². The van der Waals surface area contributed by atoms with Crippen molar-refractivity contribution in [2.24, 2.45) is 0 Å². The van der Waals surface area contributed by atoms with Crippen LogP contribution in [0.1, 0.15) is 59.4 Å². The number of ether oxygens (including phenoxy) is 1. The van der Waals surface area contributed by atoms with Crippen LogP contribution >= 0.6 is 0 Å². The number of rotatable bonds is 6. The molecule has 1 saturated heterocycles. The molecule has 0 unspecified atom stereocenters. The lowest BCUT2D eigenvalue weighted by Crippen LogP contribution is -2.50. The maximum absolute atomic E-state index is 13.7. The number of hydrogen-bond donors (Lipinski definition) is 2. The van der Waals surface area contributed by atoms with Gasteiger partial charge in [-0.25, -0.2) is 9.97 Å². The van der Waals surface area contributed by atoms with E-state index in [1.165, 1.54) is 16.7 Å². The highest BCUT2D eigenvalue weighted by Gasteiger charge is 2.36. The van der Waals surface area contributed by atoms with Crippen LogP contribution in [0.5, 0.6) is 5.75 Å². The van der Waals surface area contributed by atoms with Gasteiger partial charge in [0.1, 0.15) is 16.8 Å². The fraction of sp³-hybridized carbons (Fsp3) is 0.414. The fourth-order valence-electron chi connectivity index (χ4n) is 5.92. The van der Waals surface area contributed by atoms with Crippen LogP contribution in [0.2, 0.25) is 0 Å². The molecular formula is C29H34N8O2. The Bertz CT molecular complexity index is 1510. The van der Waals surface area contributed by atoms with Crippen molar-refractivity contribution < 1.29 is 9.53 Å². The van der Waals surface area contributed by atoms with Gasteiger partial charge in [0.2, 0.25) is 5.95 Å². The molecular weight excluding hydrogens is 492 g/mol. The number of aromatic amines is 1. The first kappa shape index (κ1) is 25.2. The lowest BCUT2D eigenvalue weighted by molar-refractivity contribution is 0.0457.